The van der Waals surface area contributed by atoms with Crippen molar-refractivity contribution in [3.8, 4) is 0 Å². The fourth-order valence-electron chi connectivity index (χ4n) is 5.14. The van der Waals surface area contributed by atoms with Gasteiger partial charge in [-0.1, -0.05) is 160 Å². The van der Waals surface area contributed by atoms with Gasteiger partial charge in [-0.2, -0.15) is 0 Å². The summed E-state index contributed by atoms with van der Waals surface area (Å²) in [7, 11) is 1.32. The van der Waals surface area contributed by atoms with Gasteiger partial charge in [0.2, 0.25) is 0 Å². The van der Waals surface area contributed by atoms with E-state index in [1.807, 2.05) is 0 Å². The molecule has 220 valence electrons. The average molecular weight is 523 g/mol. The van der Waals surface area contributed by atoms with Crippen molar-refractivity contribution in [2.24, 2.45) is 0 Å². The molecule has 0 amide bonds. The number of carbonyl (C=O) groups is 1. The van der Waals surface area contributed by atoms with Gasteiger partial charge in [0.05, 0.1) is 7.11 Å². The number of unbranched alkanes of at least 4 members (excludes halogenated alkanes) is 25. The molecule has 0 aromatic heterocycles. The summed E-state index contributed by atoms with van der Waals surface area (Å²) in [5.74, 6) is -0.518. The van der Waals surface area contributed by atoms with Gasteiger partial charge in [-0.3, -0.25) is 0 Å². The molecule has 0 aromatic rings. The minimum absolute atomic E-state index is 0.500. The lowest BCUT2D eigenvalue weighted by atomic mass is 10.0. The molecule has 0 spiro atoms. The van der Waals surface area contributed by atoms with Crippen molar-refractivity contribution in [1.82, 2.24) is 0 Å². The van der Waals surface area contributed by atoms with Gasteiger partial charge in [0.15, 0.2) is 6.10 Å². The molecule has 0 aliphatic heterocycles. The van der Waals surface area contributed by atoms with E-state index in [2.05, 4.69) is 23.8 Å². The molecule has 0 rings (SSSR count). The molecule has 0 aliphatic rings. The van der Waals surface area contributed by atoms with E-state index in [1.54, 1.807) is 0 Å². The fraction of sp³-hybridized carbons (Fsp3) is 0.912. The quantitative estimate of drug-likeness (QED) is 0.0579. The van der Waals surface area contributed by atoms with Crippen molar-refractivity contribution in [2.75, 3.05) is 7.11 Å². The Kier molecular flexibility index (Phi) is 30.7. The van der Waals surface area contributed by atoms with Gasteiger partial charge in [-0.05, 0) is 38.5 Å². The zero-order chi connectivity index (χ0) is 27.1. The van der Waals surface area contributed by atoms with Crippen LogP contribution in [0.2, 0.25) is 0 Å². The minimum atomic E-state index is -0.956. The number of aliphatic hydroxyl groups is 1. The highest BCUT2D eigenvalue weighted by atomic mass is 16.5. The van der Waals surface area contributed by atoms with E-state index < -0.39 is 12.1 Å². The maximum absolute atomic E-state index is 11.1. The molecule has 3 heteroatoms. The van der Waals surface area contributed by atoms with Crippen LogP contribution in [0.5, 0.6) is 0 Å². The SMILES string of the molecule is CCCCCCCCCCCCCCCCCCCCCCCCC/C=C/CCCC[C@@H](O)C(=O)OC. The first-order valence-electron chi connectivity index (χ1n) is 16.6. The molecule has 1 N–H and O–H groups in total. The molecule has 0 saturated carbocycles. The van der Waals surface area contributed by atoms with E-state index in [-0.39, 0.29) is 0 Å². The number of rotatable bonds is 30. The van der Waals surface area contributed by atoms with Crippen molar-refractivity contribution < 1.29 is 14.6 Å². The summed E-state index contributed by atoms with van der Waals surface area (Å²) in [5, 5.41) is 9.53. The Balaban J connectivity index is 3.13. The second kappa shape index (κ2) is 31.4. The Morgan fingerprint density at radius 3 is 1.16 bits per heavy atom. The van der Waals surface area contributed by atoms with Crippen LogP contribution in [0.1, 0.15) is 187 Å². The lowest BCUT2D eigenvalue weighted by molar-refractivity contribution is -0.150. The maximum atomic E-state index is 11.1. The van der Waals surface area contributed by atoms with Crippen molar-refractivity contribution in [1.29, 1.82) is 0 Å². The van der Waals surface area contributed by atoms with Crippen molar-refractivity contribution >= 4 is 5.97 Å². The highest BCUT2D eigenvalue weighted by Crippen LogP contribution is 2.16. The average Bonchev–Trinajstić information content (AvgIpc) is 2.91. The zero-order valence-electron chi connectivity index (χ0n) is 25.3. The predicted octanol–water partition coefficient (Wildman–Crippen LogP) is 11.0. The second-order valence-corrected chi connectivity index (χ2v) is 11.4. The number of ether oxygens (including phenoxy) is 1. The number of hydrogen-bond acceptors (Lipinski definition) is 3. The standard InChI is InChI=1S/C34H66O3/c1-3-4-5-6-7-8-9-10-11-12-13-14-15-16-17-18-19-20-21-22-23-24-25-26-27-28-29-30-31-32-33(35)34(36)37-2/h27-28,33,35H,3-26,29-32H2,1-2H3/b28-27+/t33-/m1/s1. The second-order valence-electron chi connectivity index (χ2n) is 11.4. The zero-order valence-corrected chi connectivity index (χ0v) is 25.3. The molecule has 37 heavy (non-hydrogen) atoms. The van der Waals surface area contributed by atoms with Crippen LogP contribution in [0.4, 0.5) is 0 Å². The van der Waals surface area contributed by atoms with Crippen LogP contribution >= 0.6 is 0 Å². The maximum Gasteiger partial charge on any atom is 0.334 e. The number of methoxy groups -OCH3 is 1. The molecule has 1 atom stereocenters. The number of aliphatic hydroxyl groups excluding tert-OH is 1. The van der Waals surface area contributed by atoms with Gasteiger partial charge in [0, 0.05) is 0 Å². The smallest absolute Gasteiger partial charge is 0.334 e. The first-order valence-corrected chi connectivity index (χ1v) is 16.6. The molecule has 0 aliphatic carbocycles. The van der Waals surface area contributed by atoms with Crippen molar-refractivity contribution in [3.05, 3.63) is 12.2 Å². The van der Waals surface area contributed by atoms with Crippen LogP contribution in [0.3, 0.4) is 0 Å². The summed E-state index contributed by atoms with van der Waals surface area (Å²) < 4.78 is 4.52. The molecular weight excluding hydrogens is 456 g/mol. The summed E-state index contributed by atoms with van der Waals surface area (Å²) in [6.45, 7) is 2.30. The van der Waals surface area contributed by atoms with Crippen molar-refractivity contribution in [2.45, 2.75) is 193 Å². The molecule has 0 unspecified atom stereocenters. The fourth-order valence-corrected chi connectivity index (χ4v) is 5.14. The third-order valence-electron chi connectivity index (χ3n) is 7.71. The van der Waals surface area contributed by atoms with Crippen LogP contribution in [0.15, 0.2) is 12.2 Å². The number of esters is 1. The number of carbonyl (C=O) groups excluding carboxylic acids is 1. The first-order chi connectivity index (χ1) is 18.2. The van der Waals surface area contributed by atoms with E-state index >= 15 is 0 Å². The van der Waals surface area contributed by atoms with E-state index in [0.29, 0.717) is 6.42 Å². The van der Waals surface area contributed by atoms with Crippen LogP contribution in [-0.2, 0) is 9.53 Å². The van der Waals surface area contributed by atoms with Crippen LogP contribution in [0.25, 0.3) is 0 Å². The van der Waals surface area contributed by atoms with Gasteiger partial charge in [0.25, 0.3) is 0 Å². The van der Waals surface area contributed by atoms with Crippen molar-refractivity contribution in [3.63, 3.8) is 0 Å². The van der Waals surface area contributed by atoms with E-state index in [9.17, 15) is 9.90 Å². The lowest BCUT2D eigenvalue weighted by Crippen LogP contribution is -2.21. The normalized spacial score (nSPS) is 12.4. The molecule has 0 fully saturated rings. The monoisotopic (exact) mass is 523 g/mol. The molecule has 0 radical (unpaired) electrons. The highest BCUT2D eigenvalue weighted by Gasteiger charge is 2.13. The summed E-state index contributed by atoms with van der Waals surface area (Å²) in [5.41, 5.74) is 0. The Morgan fingerprint density at radius 1 is 0.541 bits per heavy atom. The number of allylic oxidation sites excluding steroid dienone is 2. The summed E-state index contributed by atoms with van der Waals surface area (Å²) >= 11 is 0. The lowest BCUT2D eigenvalue weighted by Gasteiger charge is -2.06. The molecule has 0 bridgehead atoms. The predicted molar refractivity (Wildman–Crippen MR) is 162 cm³/mol. The topological polar surface area (TPSA) is 46.5 Å². The van der Waals surface area contributed by atoms with E-state index in [1.165, 1.54) is 161 Å². The van der Waals surface area contributed by atoms with E-state index in [4.69, 9.17) is 0 Å². The summed E-state index contributed by atoms with van der Waals surface area (Å²) in [6, 6.07) is 0. The van der Waals surface area contributed by atoms with Crippen LogP contribution in [0, 0.1) is 0 Å². The highest BCUT2D eigenvalue weighted by molar-refractivity contribution is 5.74. The molecule has 0 heterocycles. The Labute approximate surface area is 232 Å². The van der Waals surface area contributed by atoms with Gasteiger partial charge in [-0.25, -0.2) is 4.79 Å². The minimum Gasteiger partial charge on any atom is -0.467 e. The molecule has 0 saturated heterocycles. The Hall–Kier alpha value is -0.830. The van der Waals surface area contributed by atoms with Gasteiger partial charge in [-0.15, -0.1) is 0 Å². The Morgan fingerprint density at radius 2 is 0.838 bits per heavy atom. The summed E-state index contributed by atoms with van der Waals surface area (Å²) in [4.78, 5) is 11.1. The summed E-state index contributed by atoms with van der Waals surface area (Å²) in [6.07, 6.45) is 41.2. The third-order valence-corrected chi connectivity index (χ3v) is 7.71. The number of hydrogen-bond donors (Lipinski definition) is 1. The van der Waals surface area contributed by atoms with Gasteiger partial charge < -0.3 is 9.84 Å². The third kappa shape index (κ3) is 29.6. The van der Waals surface area contributed by atoms with Gasteiger partial charge in [0.1, 0.15) is 0 Å². The Bertz CT molecular complexity index is 474. The van der Waals surface area contributed by atoms with Crippen LogP contribution in [-0.4, -0.2) is 24.3 Å². The van der Waals surface area contributed by atoms with Gasteiger partial charge >= 0.3 is 5.97 Å². The molecular formula is C34H66O3. The molecule has 3 nitrogen and oxygen atoms in total. The largest absolute Gasteiger partial charge is 0.467 e. The van der Waals surface area contributed by atoms with Crippen LogP contribution < -0.4 is 0 Å². The molecule has 0 aromatic carbocycles. The first kappa shape index (κ1) is 36.2. The van der Waals surface area contributed by atoms with E-state index in [0.717, 1.165) is 19.3 Å².